The van der Waals surface area contributed by atoms with Gasteiger partial charge in [-0.25, -0.2) is 24.9 Å². The molecule has 0 radical (unpaired) electrons. The maximum Gasteiger partial charge on any atom is 0.164 e. The van der Waals surface area contributed by atoms with Gasteiger partial charge in [0.05, 0.1) is 22.1 Å². The van der Waals surface area contributed by atoms with Crippen LogP contribution in [-0.4, -0.2) is 34.1 Å². The summed E-state index contributed by atoms with van der Waals surface area (Å²) in [5.41, 5.74) is 15.2. The highest BCUT2D eigenvalue weighted by molar-refractivity contribution is 5.89. The SMILES string of the molecule is c1ccc(-c2nc(-c3ccc(-c4ccc5c(c4)nc(-c4ccccc4)n5-c4ccccc4)cc3)nc(-c3ccc(-c4ccc5c(c4)nc(-c4ccccc4)n5-c4ccccc4)cc3)n2)cc1. The number of nitrogens with zero attached hydrogens (tertiary/aromatic N) is 7. The molecule has 7 nitrogen and oxygen atoms in total. The van der Waals surface area contributed by atoms with Crippen LogP contribution in [0.1, 0.15) is 0 Å². The van der Waals surface area contributed by atoms with E-state index in [1.165, 1.54) is 0 Å². The van der Waals surface area contributed by atoms with Crippen LogP contribution in [0.5, 0.6) is 0 Å². The quantitative estimate of drug-likeness (QED) is 0.145. The highest BCUT2D eigenvalue weighted by Gasteiger charge is 2.18. The standard InChI is InChI=1S/C59H39N7/c1-6-16-42(17-7-1)55-62-56(43-30-26-40(27-31-43)47-34-36-53-51(38-47)60-58(45-18-8-2-9-19-45)65(53)49-22-12-4-13-23-49)64-57(63-55)44-32-28-41(29-33-44)48-35-37-54-52(39-48)61-59(46-20-10-3-11-21-46)66(54)50-24-14-5-15-25-50/h1-39H. The zero-order chi connectivity index (χ0) is 43.8. The van der Waals surface area contributed by atoms with Crippen molar-refractivity contribution in [2.75, 3.05) is 0 Å². The van der Waals surface area contributed by atoms with Gasteiger partial charge in [0.1, 0.15) is 11.6 Å². The van der Waals surface area contributed by atoms with Gasteiger partial charge in [0.2, 0.25) is 0 Å². The van der Waals surface area contributed by atoms with E-state index in [-0.39, 0.29) is 0 Å². The van der Waals surface area contributed by atoms with E-state index in [0.717, 1.165) is 95.2 Å². The van der Waals surface area contributed by atoms with E-state index in [1.54, 1.807) is 0 Å². The fourth-order valence-corrected chi connectivity index (χ4v) is 8.73. The van der Waals surface area contributed by atoms with Crippen molar-refractivity contribution < 1.29 is 0 Å². The van der Waals surface area contributed by atoms with Crippen LogP contribution >= 0.6 is 0 Å². The molecule has 0 saturated carbocycles. The third-order valence-electron chi connectivity index (χ3n) is 12.0. The third-order valence-corrected chi connectivity index (χ3v) is 12.0. The molecule has 0 aliphatic heterocycles. The van der Waals surface area contributed by atoms with Gasteiger partial charge in [-0.2, -0.15) is 0 Å². The topological polar surface area (TPSA) is 74.3 Å². The Morgan fingerprint density at radius 3 is 0.879 bits per heavy atom. The van der Waals surface area contributed by atoms with E-state index < -0.39 is 0 Å². The first kappa shape index (κ1) is 38.6. The number of hydrogen-bond donors (Lipinski definition) is 0. The van der Waals surface area contributed by atoms with Crippen molar-refractivity contribution in [1.29, 1.82) is 0 Å². The summed E-state index contributed by atoms with van der Waals surface area (Å²) in [6.07, 6.45) is 0. The fraction of sp³-hybridized carbons (Fsp3) is 0. The minimum absolute atomic E-state index is 0.604. The van der Waals surface area contributed by atoms with Gasteiger partial charge in [-0.1, -0.05) is 188 Å². The number of aromatic nitrogens is 7. The molecule has 0 atom stereocenters. The molecule has 66 heavy (non-hydrogen) atoms. The molecule has 310 valence electrons. The summed E-state index contributed by atoms with van der Waals surface area (Å²) >= 11 is 0. The molecule has 0 amide bonds. The van der Waals surface area contributed by atoms with E-state index in [1.807, 2.05) is 54.6 Å². The molecule has 0 spiro atoms. The fourth-order valence-electron chi connectivity index (χ4n) is 8.73. The van der Waals surface area contributed by atoms with E-state index >= 15 is 0 Å². The lowest BCUT2D eigenvalue weighted by Gasteiger charge is -2.11. The number of hydrogen-bond acceptors (Lipinski definition) is 5. The predicted molar refractivity (Wildman–Crippen MR) is 267 cm³/mol. The third kappa shape index (κ3) is 7.20. The van der Waals surface area contributed by atoms with Crippen LogP contribution in [0.3, 0.4) is 0 Å². The van der Waals surface area contributed by atoms with Crippen LogP contribution in [0.25, 0.3) is 113 Å². The molecule has 0 aliphatic rings. The van der Waals surface area contributed by atoms with Crippen molar-refractivity contribution in [2.24, 2.45) is 0 Å². The summed E-state index contributed by atoms with van der Waals surface area (Å²) in [6.45, 7) is 0. The number of para-hydroxylation sites is 2. The van der Waals surface area contributed by atoms with Gasteiger partial charge in [0.25, 0.3) is 0 Å². The second kappa shape index (κ2) is 16.6. The highest BCUT2D eigenvalue weighted by atomic mass is 15.1. The Bertz CT molecular complexity index is 3420. The summed E-state index contributed by atoms with van der Waals surface area (Å²) in [5, 5.41) is 0. The Balaban J connectivity index is 0.875. The minimum atomic E-state index is 0.604. The predicted octanol–water partition coefficient (Wildman–Crippen LogP) is 14.2. The summed E-state index contributed by atoms with van der Waals surface area (Å²) in [5.74, 6) is 3.64. The van der Waals surface area contributed by atoms with Crippen molar-refractivity contribution >= 4 is 22.1 Å². The molecular formula is C59H39N7. The van der Waals surface area contributed by atoms with Gasteiger partial charge in [-0.05, 0) is 70.8 Å². The van der Waals surface area contributed by atoms with Crippen molar-refractivity contribution in [3.05, 3.63) is 237 Å². The van der Waals surface area contributed by atoms with Crippen molar-refractivity contribution in [3.8, 4) is 90.6 Å². The molecule has 12 aromatic rings. The summed E-state index contributed by atoms with van der Waals surface area (Å²) < 4.78 is 4.47. The van der Waals surface area contributed by atoms with E-state index in [4.69, 9.17) is 24.9 Å². The number of fused-ring (bicyclic) bond motifs is 2. The van der Waals surface area contributed by atoms with Gasteiger partial charge in [-0.15, -0.1) is 0 Å². The van der Waals surface area contributed by atoms with Gasteiger partial charge >= 0.3 is 0 Å². The lowest BCUT2D eigenvalue weighted by Crippen LogP contribution is -2.00. The van der Waals surface area contributed by atoms with Crippen molar-refractivity contribution in [2.45, 2.75) is 0 Å². The van der Waals surface area contributed by atoms with Crippen LogP contribution in [0.2, 0.25) is 0 Å². The molecular weight excluding hydrogens is 807 g/mol. The molecule has 0 N–H and O–H groups in total. The van der Waals surface area contributed by atoms with E-state index in [9.17, 15) is 0 Å². The van der Waals surface area contributed by atoms with Gasteiger partial charge in [0, 0.05) is 39.2 Å². The lowest BCUT2D eigenvalue weighted by atomic mass is 10.0. The molecule has 3 aromatic heterocycles. The molecule has 7 heteroatoms. The maximum atomic E-state index is 5.18. The first-order valence-electron chi connectivity index (χ1n) is 22.0. The van der Waals surface area contributed by atoms with Gasteiger partial charge < -0.3 is 0 Å². The number of rotatable bonds is 9. The molecule has 12 rings (SSSR count). The second-order valence-corrected chi connectivity index (χ2v) is 16.2. The smallest absolute Gasteiger partial charge is 0.164 e. The zero-order valence-corrected chi connectivity index (χ0v) is 35.6. The Hall–Kier alpha value is -9.07. The summed E-state index contributed by atoms with van der Waals surface area (Å²) in [6, 6.07) is 81.5. The molecule has 0 saturated heterocycles. The molecule has 0 bridgehead atoms. The number of imidazole rings is 2. The van der Waals surface area contributed by atoms with Crippen LogP contribution in [0, 0.1) is 0 Å². The average molecular weight is 846 g/mol. The van der Waals surface area contributed by atoms with Crippen LogP contribution in [0.4, 0.5) is 0 Å². The molecule has 0 aliphatic carbocycles. The monoisotopic (exact) mass is 845 g/mol. The van der Waals surface area contributed by atoms with Crippen LogP contribution < -0.4 is 0 Å². The molecule has 0 fully saturated rings. The molecule has 0 unspecified atom stereocenters. The van der Waals surface area contributed by atoms with Gasteiger partial charge in [-0.3, -0.25) is 9.13 Å². The Morgan fingerprint density at radius 2 is 0.515 bits per heavy atom. The minimum Gasteiger partial charge on any atom is -0.292 e. The largest absolute Gasteiger partial charge is 0.292 e. The first-order valence-corrected chi connectivity index (χ1v) is 22.0. The Morgan fingerprint density at radius 1 is 0.227 bits per heavy atom. The van der Waals surface area contributed by atoms with Crippen molar-refractivity contribution in [3.63, 3.8) is 0 Å². The summed E-state index contributed by atoms with van der Waals surface area (Å²) in [7, 11) is 0. The van der Waals surface area contributed by atoms with E-state index in [0.29, 0.717) is 17.5 Å². The number of benzene rings is 9. The first-order chi connectivity index (χ1) is 32.7. The van der Waals surface area contributed by atoms with Gasteiger partial charge in [0.15, 0.2) is 17.5 Å². The lowest BCUT2D eigenvalue weighted by molar-refractivity contribution is 1.07. The van der Waals surface area contributed by atoms with Crippen molar-refractivity contribution in [1.82, 2.24) is 34.1 Å². The Labute approximate surface area is 381 Å². The second-order valence-electron chi connectivity index (χ2n) is 16.2. The highest BCUT2D eigenvalue weighted by Crippen LogP contribution is 2.35. The summed E-state index contributed by atoms with van der Waals surface area (Å²) in [4.78, 5) is 25.5. The normalized spacial score (nSPS) is 11.3. The Kier molecular flexibility index (Phi) is 9.69. The van der Waals surface area contributed by atoms with Crippen LogP contribution in [0.15, 0.2) is 237 Å². The molecule has 3 heterocycles. The van der Waals surface area contributed by atoms with Crippen LogP contribution in [-0.2, 0) is 0 Å². The average Bonchev–Trinajstić information content (AvgIpc) is 3.99. The maximum absolute atomic E-state index is 5.18. The van der Waals surface area contributed by atoms with E-state index in [2.05, 4.69) is 191 Å². The zero-order valence-electron chi connectivity index (χ0n) is 35.6. The molecule has 9 aromatic carbocycles.